The summed E-state index contributed by atoms with van der Waals surface area (Å²) in [6.07, 6.45) is 5.72. The summed E-state index contributed by atoms with van der Waals surface area (Å²) in [5, 5.41) is 4.46. The smallest absolute Gasteiger partial charge is 0.126 e. The first-order chi connectivity index (χ1) is 12.1. The highest BCUT2D eigenvalue weighted by Gasteiger charge is 2.27. The van der Waals surface area contributed by atoms with Gasteiger partial charge < -0.3 is 9.30 Å². The zero-order chi connectivity index (χ0) is 17.4. The van der Waals surface area contributed by atoms with Crippen molar-refractivity contribution >= 4 is 0 Å². The number of fused-ring (bicyclic) bond motifs is 1. The maximum absolute atomic E-state index is 5.80. The summed E-state index contributed by atoms with van der Waals surface area (Å²) in [6, 6.07) is 2.50. The van der Waals surface area contributed by atoms with Gasteiger partial charge in [0.15, 0.2) is 0 Å². The highest BCUT2D eigenvalue weighted by atomic mass is 16.5. The third kappa shape index (κ3) is 3.65. The average molecular weight is 343 g/mol. The Bertz CT molecular complexity index is 730. The number of rotatable bonds is 7. The Balaban J connectivity index is 1.38. The van der Waals surface area contributed by atoms with E-state index >= 15 is 0 Å². The molecule has 6 heteroatoms. The van der Waals surface area contributed by atoms with Gasteiger partial charge in [-0.2, -0.15) is 5.10 Å². The Kier molecular flexibility index (Phi) is 4.65. The second-order valence-corrected chi connectivity index (χ2v) is 7.57. The summed E-state index contributed by atoms with van der Waals surface area (Å²) >= 11 is 0. The molecule has 0 unspecified atom stereocenters. The highest BCUT2D eigenvalue weighted by molar-refractivity contribution is 5.13. The zero-order valence-electron chi connectivity index (χ0n) is 15.6. The third-order valence-electron chi connectivity index (χ3n) is 5.52. The molecule has 0 radical (unpaired) electrons. The van der Waals surface area contributed by atoms with Gasteiger partial charge in [-0.3, -0.25) is 9.58 Å². The SMILES string of the molecule is Cc1cc(CN2CCn3c(CCOCC4CC4)cnc3[C@H]2C)n(C)n1. The van der Waals surface area contributed by atoms with Gasteiger partial charge in [-0.05, 0) is 38.7 Å². The van der Waals surface area contributed by atoms with Crippen LogP contribution in [0.1, 0.15) is 48.7 Å². The van der Waals surface area contributed by atoms with Gasteiger partial charge in [0, 0.05) is 51.6 Å². The van der Waals surface area contributed by atoms with E-state index in [-0.39, 0.29) is 0 Å². The van der Waals surface area contributed by atoms with E-state index in [0.717, 1.165) is 50.9 Å². The first-order valence-corrected chi connectivity index (χ1v) is 9.47. The predicted molar refractivity (Wildman–Crippen MR) is 96.2 cm³/mol. The third-order valence-corrected chi connectivity index (χ3v) is 5.52. The van der Waals surface area contributed by atoms with E-state index in [1.54, 1.807) is 0 Å². The van der Waals surface area contributed by atoms with Crippen LogP contribution < -0.4 is 0 Å². The van der Waals surface area contributed by atoms with E-state index in [0.29, 0.717) is 6.04 Å². The molecule has 2 aliphatic rings. The highest BCUT2D eigenvalue weighted by Crippen LogP contribution is 2.29. The summed E-state index contributed by atoms with van der Waals surface area (Å²) in [5.41, 5.74) is 3.66. The Labute approximate surface area is 149 Å². The lowest BCUT2D eigenvalue weighted by atomic mass is 10.2. The van der Waals surface area contributed by atoms with E-state index in [2.05, 4.69) is 27.6 Å². The van der Waals surface area contributed by atoms with Gasteiger partial charge in [-0.25, -0.2) is 4.98 Å². The Morgan fingerprint density at radius 2 is 2.08 bits per heavy atom. The van der Waals surface area contributed by atoms with Crippen molar-refractivity contribution in [1.82, 2.24) is 24.2 Å². The average Bonchev–Trinajstić information content (AvgIpc) is 3.23. The molecule has 0 N–H and O–H groups in total. The molecule has 1 aliphatic heterocycles. The summed E-state index contributed by atoms with van der Waals surface area (Å²) in [6.45, 7) is 9.04. The molecule has 6 nitrogen and oxygen atoms in total. The minimum absolute atomic E-state index is 0.324. The normalized spacial score (nSPS) is 20.8. The van der Waals surface area contributed by atoms with Crippen molar-refractivity contribution in [2.24, 2.45) is 13.0 Å². The van der Waals surface area contributed by atoms with Crippen LogP contribution in [0.5, 0.6) is 0 Å². The van der Waals surface area contributed by atoms with E-state index < -0.39 is 0 Å². The van der Waals surface area contributed by atoms with Crippen LogP contribution in [0, 0.1) is 12.8 Å². The summed E-state index contributed by atoms with van der Waals surface area (Å²) in [4.78, 5) is 7.22. The number of imidazole rings is 1. The molecule has 1 saturated carbocycles. The lowest BCUT2D eigenvalue weighted by Gasteiger charge is -2.34. The van der Waals surface area contributed by atoms with Crippen LogP contribution in [0.25, 0.3) is 0 Å². The zero-order valence-corrected chi connectivity index (χ0v) is 15.6. The van der Waals surface area contributed by atoms with Crippen molar-refractivity contribution in [3.63, 3.8) is 0 Å². The van der Waals surface area contributed by atoms with Crippen molar-refractivity contribution in [2.75, 3.05) is 19.8 Å². The van der Waals surface area contributed by atoms with Gasteiger partial charge in [0.2, 0.25) is 0 Å². The molecule has 2 aromatic rings. The van der Waals surface area contributed by atoms with E-state index in [4.69, 9.17) is 9.72 Å². The first-order valence-electron chi connectivity index (χ1n) is 9.47. The topological polar surface area (TPSA) is 48.1 Å². The number of aryl methyl sites for hydroxylation is 2. The lowest BCUT2D eigenvalue weighted by Crippen LogP contribution is -2.37. The van der Waals surface area contributed by atoms with Gasteiger partial charge >= 0.3 is 0 Å². The van der Waals surface area contributed by atoms with Gasteiger partial charge in [-0.15, -0.1) is 0 Å². The molecule has 2 aromatic heterocycles. The Hall–Kier alpha value is -1.66. The van der Waals surface area contributed by atoms with Gasteiger partial charge in [0.25, 0.3) is 0 Å². The van der Waals surface area contributed by atoms with Crippen molar-refractivity contribution in [3.8, 4) is 0 Å². The van der Waals surface area contributed by atoms with Gasteiger partial charge in [0.1, 0.15) is 5.82 Å². The van der Waals surface area contributed by atoms with E-state index in [9.17, 15) is 0 Å². The van der Waals surface area contributed by atoms with Crippen LogP contribution in [0.15, 0.2) is 12.3 Å². The van der Waals surface area contributed by atoms with E-state index in [1.807, 2.05) is 24.9 Å². The molecule has 1 fully saturated rings. The number of hydrogen-bond donors (Lipinski definition) is 0. The van der Waals surface area contributed by atoms with Gasteiger partial charge in [-0.1, -0.05) is 0 Å². The monoisotopic (exact) mass is 343 g/mol. The fraction of sp³-hybridized carbons (Fsp3) is 0.684. The van der Waals surface area contributed by atoms with Crippen LogP contribution >= 0.6 is 0 Å². The van der Waals surface area contributed by atoms with Crippen molar-refractivity contribution in [3.05, 3.63) is 35.2 Å². The fourth-order valence-electron chi connectivity index (χ4n) is 3.75. The van der Waals surface area contributed by atoms with E-state index in [1.165, 1.54) is 30.1 Å². The lowest BCUT2D eigenvalue weighted by molar-refractivity contribution is 0.123. The van der Waals surface area contributed by atoms with Crippen molar-refractivity contribution < 1.29 is 4.74 Å². The molecule has 25 heavy (non-hydrogen) atoms. The maximum Gasteiger partial charge on any atom is 0.126 e. The molecule has 0 spiro atoms. The minimum Gasteiger partial charge on any atom is -0.381 e. The van der Waals surface area contributed by atoms with Crippen LogP contribution in [0.4, 0.5) is 0 Å². The number of hydrogen-bond acceptors (Lipinski definition) is 4. The molecular weight excluding hydrogens is 314 g/mol. The number of nitrogens with zero attached hydrogens (tertiary/aromatic N) is 5. The Morgan fingerprint density at radius 1 is 1.24 bits per heavy atom. The van der Waals surface area contributed by atoms with Crippen molar-refractivity contribution in [2.45, 2.75) is 52.2 Å². The second-order valence-electron chi connectivity index (χ2n) is 7.57. The molecule has 0 amide bonds. The van der Waals surface area contributed by atoms with Crippen LogP contribution in [0.2, 0.25) is 0 Å². The standard InChI is InChI=1S/C19H29N5O/c1-14-10-18(22(3)21-14)12-23-7-8-24-17(11-20-19(24)15(23)2)6-9-25-13-16-4-5-16/h10-11,15-16H,4-9,12-13H2,1-3H3/t15-/m1/s1. The number of ether oxygens (including phenoxy) is 1. The molecule has 3 heterocycles. The molecule has 136 valence electrons. The molecule has 0 saturated heterocycles. The fourth-order valence-corrected chi connectivity index (χ4v) is 3.75. The molecule has 0 bridgehead atoms. The minimum atomic E-state index is 0.324. The summed E-state index contributed by atoms with van der Waals surface area (Å²) in [5.74, 6) is 2.02. The molecule has 1 aliphatic carbocycles. The first kappa shape index (κ1) is 16.8. The Morgan fingerprint density at radius 3 is 2.80 bits per heavy atom. The van der Waals surface area contributed by atoms with Crippen LogP contribution in [-0.4, -0.2) is 44.0 Å². The van der Waals surface area contributed by atoms with Crippen molar-refractivity contribution in [1.29, 1.82) is 0 Å². The van der Waals surface area contributed by atoms with Crippen LogP contribution in [0.3, 0.4) is 0 Å². The quantitative estimate of drug-likeness (QED) is 0.725. The predicted octanol–water partition coefficient (Wildman–Crippen LogP) is 2.47. The van der Waals surface area contributed by atoms with Crippen LogP contribution in [-0.2, 0) is 31.3 Å². The second kappa shape index (κ2) is 6.92. The molecule has 1 atom stereocenters. The molecular formula is C19H29N5O. The molecule has 0 aromatic carbocycles. The summed E-state index contributed by atoms with van der Waals surface area (Å²) < 4.78 is 10.2. The van der Waals surface area contributed by atoms with Gasteiger partial charge in [0.05, 0.1) is 24.0 Å². The molecule has 4 rings (SSSR count). The largest absolute Gasteiger partial charge is 0.381 e. The number of aromatic nitrogens is 4. The summed E-state index contributed by atoms with van der Waals surface area (Å²) in [7, 11) is 2.03. The maximum atomic E-state index is 5.80.